The van der Waals surface area contributed by atoms with Crippen LogP contribution >= 0.6 is 0 Å². The first-order valence-corrected chi connectivity index (χ1v) is 10.1. The number of aromatic amines is 1. The zero-order valence-corrected chi connectivity index (χ0v) is 17.4. The molecule has 1 aliphatic heterocycles. The molecule has 8 nitrogen and oxygen atoms in total. The number of carbonyl (C=O) groups is 1. The summed E-state index contributed by atoms with van der Waals surface area (Å²) in [6.07, 6.45) is 4.22. The van der Waals surface area contributed by atoms with Gasteiger partial charge in [-0.15, -0.1) is 0 Å². The molecular weight excluding hydrogens is 382 g/mol. The highest BCUT2D eigenvalue weighted by Crippen LogP contribution is 2.22. The third-order valence-corrected chi connectivity index (χ3v) is 5.33. The normalized spacial score (nSPS) is 14.5. The second kappa shape index (κ2) is 8.23. The minimum Gasteiger partial charge on any atom is -0.486 e. The van der Waals surface area contributed by atoms with E-state index in [9.17, 15) is 9.59 Å². The van der Waals surface area contributed by atoms with E-state index in [0.29, 0.717) is 17.9 Å². The molecule has 30 heavy (non-hydrogen) atoms. The Labute approximate surface area is 174 Å². The Morgan fingerprint density at radius 2 is 2.07 bits per heavy atom. The lowest BCUT2D eigenvalue weighted by molar-refractivity contribution is 0.0143. The summed E-state index contributed by atoms with van der Waals surface area (Å²) < 4.78 is 5.98. The predicted octanol–water partition coefficient (Wildman–Crippen LogP) is 1.81. The van der Waals surface area contributed by atoms with Gasteiger partial charge in [0.1, 0.15) is 17.5 Å². The number of fused-ring (bicyclic) bond motifs is 1. The van der Waals surface area contributed by atoms with Crippen LogP contribution in [0.5, 0.6) is 5.75 Å². The van der Waals surface area contributed by atoms with E-state index in [0.717, 1.165) is 47.4 Å². The molecule has 1 aliphatic rings. The van der Waals surface area contributed by atoms with Gasteiger partial charge < -0.3 is 15.0 Å². The zero-order valence-electron chi connectivity index (χ0n) is 17.4. The molecule has 4 rings (SSSR count). The molecule has 1 saturated heterocycles. The van der Waals surface area contributed by atoms with Crippen molar-refractivity contribution < 1.29 is 9.53 Å². The number of aromatic nitrogens is 3. The predicted molar refractivity (Wildman–Crippen MR) is 114 cm³/mol. The SMILES string of the molecule is CCc1cc2ncc(CN3CC(Oc4cnc(C(=O)NC)c(C)c4)C3)cc2[nH]c1=O. The van der Waals surface area contributed by atoms with Crippen molar-refractivity contribution in [2.45, 2.75) is 32.9 Å². The molecule has 0 spiro atoms. The highest BCUT2D eigenvalue weighted by molar-refractivity contribution is 5.93. The van der Waals surface area contributed by atoms with E-state index in [-0.39, 0.29) is 17.6 Å². The number of pyridine rings is 3. The van der Waals surface area contributed by atoms with Crippen LogP contribution < -0.4 is 15.6 Å². The van der Waals surface area contributed by atoms with Crippen LogP contribution in [0.2, 0.25) is 0 Å². The second-order valence-electron chi connectivity index (χ2n) is 7.60. The zero-order chi connectivity index (χ0) is 21.3. The average molecular weight is 407 g/mol. The average Bonchev–Trinajstić information content (AvgIpc) is 2.71. The van der Waals surface area contributed by atoms with Gasteiger partial charge in [0.05, 0.1) is 17.2 Å². The van der Waals surface area contributed by atoms with E-state index in [1.807, 2.05) is 38.2 Å². The summed E-state index contributed by atoms with van der Waals surface area (Å²) in [5.41, 5.74) is 4.52. The Morgan fingerprint density at radius 1 is 1.27 bits per heavy atom. The smallest absolute Gasteiger partial charge is 0.269 e. The molecule has 0 atom stereocenters. The van der Waals surface area contributed by atoms with Crippen LogP contribution in [0.3, 0.4) is 0 Å². The molecule has 1 fully saturated rings. The lowest BCUT2D eigenvalue weighted by Gasteiger charge is -2.39. The molecule has 156 valence electrons. The molecule has 0 saturated carbocycles. The molecule has 4 heterocycles. The summed E-state index contributed by atoms with van der Waals surface area (Å²) in [4.78, 5) is 37.7. The molecule has 0 bridgehead atoms. The monoisotopic (exact) mass is 407 g/mol. The molecule has 3 aromatic rings. The van der Waals surface area contributed by atoms with Gasteiger partial charge in [0, 0.05) is 38.4 Å². The Morgan fingerprint density at radius 3 is 2.77 bits per heavy atom. The molecule has 1 amide bonds. The largest absolute Gasteiger partial charge is 0.486 e. The molecule has 0 aliphatic carbocycles. The fourth-order valence-electron chi connectivity index (χ4n) is 3.66. The van der Waals surface area contributed by atoms with Crippen molar-refractivity contribution in [1.29, 1.82) is 0 Å². The number of ether oxygens (including phenoxy) is 1. The first-order valence-electron chi connectivity index (χ1n) is 10.1. The van der Waals surface area contributed by atoms with E-state index >= 15 is 0 Å². The van der Waals surface area contributed by atoms with Crippen LogP contribution in [0.15, 0.2) is 35.4 Å². The standard InChI is InChI=1S/C22H25N5O3/c1-4-15-7-18-19(26-21(15)28)6-14(8-24-18)10-27-11-17(12-27)30-16-5-13(2)20(25-9-16)22(29)23-3/h5-9,17H,4,10-12H2,1-3H3,(H,23,29)(H,26,28). The fourth-order valence-corrected chi connectivity index (χ4v) is 3.66. The highest BCUT2D eigenvalue weighted by atomic mass is 16.5. The maximum absolute atomic E-state index is 12.0. The number of H-pyrrole nitrogens is 1. The summed E-state index contributed by atoms with van der Waals surface area (Å²) in [6, 6.07) is 5.69. The van der Waals surface area contributed by atoms with Crippen molar-refractivity contribution >= 4 is 16.9 Å². The van der Waals surface area contributed by atoms with Crippen LogP contribution in [-0.2, 0) is 13.0 Å². The van der Waals surface area contributed by atoms with Crippen molar-refractivity contribution in [3.63, 3.8) is 0 Å². The van der Waals surface area contributed by atoms with Gasteiger partial charge in [-0.1, -0.05) is 6.92 Å². The van der Waals surface area contributed by atoms with Crippen molar-refractivity contribution in [2.75, 3.05) is 20.1 Å². The first kappa shape index (κ1) is 20.0. The van der Waals surface area contributed by atoms with Crippen LogP contribution in [0.1, 0.15) is 34.1 Å². The van der Waals surface area contributed by atoms with Gasteiger partial charge in [-0.25, -0.2) is 4.98 Å². The lowest BCUT2D eigenvalue weighted by atomic mass is 10.1. The van der Waals surface area contributed by atoms with Gasteiger partial charge in [0.2, 0.25) is 0 Å². The molecule has 2 N–H and O–H groups in total. The van der Waals surface area contributed by atoms with Gasteiger partial charge in [-0.2, -0.15) is 0 Å². The minimum atomic E-state index is -0.204. The molecule has 0 radical (unpaired) electrons. The van der Waals surface area contributed by atoms with E-state index in [1.165, 1.54) is 0 Å². The van der Waals surface area contributed by atoms with E-state index < -0.39 is 0 Å². The van der Waals surface area contributed by atoms with E-state index in [2.05, 4.69) is 25.2 Å². The Kier molecular flexibility index (Phi) is 5.50. The van der Waals surface area contributed by atoms with Gasteiger partial charge in [0.25, 0.3) is 11.5 Å². The van der Waals surface area contributed by atoms with Gasteiger partial charge >= 0.3 is 0 Å². The number of aryl methyl sites for hydroxylation is 2. The number of nitrogens with zero attached hydrogens (tertiary/aromatic N) is 3. The number of likely N-dealkylation sites (tertiary alicyclic amines) is 1. The number of rotatable bonds is 6. The maximum atomic E-state index is 12.0. The maximum Gasteiger partial charge on any atom is 0.269 e. The highest BCUT2D eigenvalue weighted by Gasteiger charge is 2.28. The third kappa shape index (κ3) is 4.04. The van der Waals surface area contributed by atoms with Crippen LogP contribution in [0.4, 0.5) is 0 Å². The summed E-state index contributed by atoms with van der Waals surface area (Å²) in [5.74, 6) is 0.464. The molecule has 0 aromatic carbocycles. The topological polar surface area (TPSA) is 100 Å². The van der Waals surface area contributed by atoms with E-state index in [1.54, 1.807) is 13.2 Å². The third-order valence-electron chi connectivity index (χ3n) is 5.33. The molecular formula is C22H25N5O3. The minimum absolute atomic E-state index is 0.0484. The van der Waals surface area contributed by atoms with Crippen molar-refractivity contribution in [3.05, 3.63) is 63.3 Å². The van der Waals surface area contributed by atoms with Crippen LogP contribution in [0.25, 0.3) is 11.0 Å². The van der Waals surface area contributed by atoms with E-state index in [4.69, 9.17) is 4.74 Å². The number of carbonyl (C=O) groups excluding carboxylic acids is 1. The van der Waals surface area contributed by atoms with Crippen molar-refractivity contribution in [1.82, 2.24) is 25.2 Å². The molecule has 3 aromatic heterocycles. The summed E-state index contributed by atoms with van der Waals surface area (Å²) in [5, 5.41) is 2.58. The molecule has 0 unspecified atom stereocenters. The summed E-state index contributed by atoms with van der Waals surface area (Å²) >= 11 is 0. The Hall–Kier alpha value is -3.26. The lowest BCUT2D eigenvalue weighted by Crippen LogP contribution is -2.53. The Bertz CT molecular complexity index is 1150. The summed E-state index contributed by atoms with van der Waals surface area (Å²) in [7, 11) is 1.59. The number of hydrogen-bond acceptors (Lipinski definition) is 6. The molecule has 8 heteroatoms. The fraction of sp³-hybridized carbons (Fsp3) is 0.364. The summed E-state index contributed by atoms with van der Waals surface area (Å²) in [6.45, 7) is 6.13. The quantitative estimate of drug-likeness (QED) is 0.646. The van der Waals surface area contributed by atoms with Crippen LogP contribution in [-0.4, -0.2) is 52.0 Å². The van der Waals surface area contributed by atoms with Gasteiger partial charge in [-0.05, 0) is 42.7 Å². The Balaban J connectivity index is 1.35. The number of nitrogens with one attached hydrogen (secondary N) is 2. The first-order chi connectivity index (χ1) is 14.5. The van der Waals surface area contributed by atoms with Crippen LogP contribution in [0, 0.1) is 6.92 Å². The van der Waals surface area contributed by atoms with Gasteiger partial charge in [-0.3, -0.25) is 19.5 Å². The van der Waals surface area contributed by atoms with Crippen molar-refractivity contribution in [2.24, 2.45) is 0 Å². The second-order valence-corrected chi connectivity index (χ2v) is 7.60. The number of hydrogen-bond donors (Lipinski definition) is 2. The van der Waals surface area contributed by atoms with Crippen molar-refractivity contribution in [3.8, 4) is 5.75 Å². The van der Waals surface area contributed by atoms with Gasteiger partial charge in [0.15, 0.2) is 0 Å². The number of amides is 1.